The normalized spacial score (nSPS) is 33.0. The van der Waals surface area contributed by atoms with Gasteiger partial charge in [-0.05, 0) is 45.7 Å². The van der Waals surface area contributed by atoms with Gasteiger partial charge in [-0.1, -0.05) is 18.2 Å². The molecule has 0 saturated carbocycles. The summed E-state index contributed by atoms with van der Waals surface area (Å²) in [7, 11) is 0. The zero-order valence-electron chi connectivity index (χ0n) is 31.1. The third kappa shape index (κ3) is 9.69. The lowest BCUT2D eigenvalue weighted by molar-refractivity contribution is -0.142. The van der Waals surface area contributed by atoms with Crippen LogP contribution in [0.5, 0.6) is 0 Å². The van der Waals surface area contributed by atoms with Gasteiger partial charge in [-0.3, -0.25) is 33.6 Å². The minimum Gasteiger partial charge on any atom is -0.391 e. The SMILES string of the molecule is C[C@@H]1NC(=O)C2C[C@@H](O)CN2C(=O)C2CSC3=Nc4ccccc4C3C[C@H](CC1=O)C(=O)N[C@@H](C[C@@](C)(O)CN)C(=O)N[C@@H](C)C(=O)NC([C@H](C)O)C(=O)N2. The van der Waals surface area contributed by atoms with Gasteiger partial charge in [-0.25, -0.2) is 4.99 Å². The zero-order valence-corrected chi connectivity index (χ0v) is 31.9. The van der Waals surface area contributed by atoms with Gasteiger partial charge >= 0.3 is 0 Å². The van der Waals surface area contributed by atoms with E-state index in [0.717, 1.165) is 22.2 Å². The van der Waals surface area contributed by atoms with Crippen molar-refractivity contribution in [3.05, 3.63) is 29.8 Å². The maximum atomic E-state index is 14.3. The highest BCUT2D eigenvalue weighted by molar-refractivity contribution is 8.14. The van der Waals surface area contributed by atoms with E-state index in [-0.39, 0.29) is 44.5 Å². The van der Waals surface area contributed by atoms with Gasteiger partial charge in [0.2, 0.25) is 35.4 Å². The summed E-state index contributed by atoms with van der Waals surface area (Å²) in [5.41, 5.74) is 5.44. The molecule has 0 spiro atoms. The molecule has 10 N–H and O–H groups in total. The Balaban J connectivity index is 1.66. The van der Waals surface area contributed by atoms with Crippen LogP contribution >= 0.6 is 11.8 Å². The predicted molar refractivity (Wildman–Crippen MR) is 200 cm³/mol. The third-order valence-electron chi connectivity index (χ3n) is 10.4. The van der Waals surface area contributed by atoms with Gasteiger partial charge in [0.05, 0.1) is 34.6 Å². The Morgan fingerprint density at radius 1 is 0.927 bits per heavy atom. The molecule has 2 bridgehead atoms. The van der Waals surface area contributed by atoms with Crippen molar-refractivity contribution in [2.45, 2.75) is 113 Å². The number of aliphatic hydroxyl groups is 3. The maximum absolute atomic E-state index is 14.3. The topological polar surface area (TPSA) is 282 Å². The number of nitrogens with zero attached hydrogens (tertiary/aromatic N) is 2. The molecule has 4 unspecified atom stereocenters. The molecule has 4 heterocycles. The van der Waals surface area contributed by atoms with E-state index >= 15 is 0 Å². The predicted octanol–water partition coefficient (Wildman–Crippen LogP) is -2.55. The van der Waals surface area contributed by atoms with Crippen LogP contribution < -0.4 is 32.3 Å². The number of carbonyl (C=O) groups is 7. The number of nitrogens with one attached hydrogen (secondary N) is 5. The minimum atomic E-state index is -1.65. The molecule has 19 heteroatoms. The van der Waals surface area contributed by atoms with Crippen LogP contribution in [-0.4, -0.2) is 139 Å². The van der Waals surface area contributed by atoms with Crippen LogP contribution in [0.15, 0.2) is 29.3 Å². The quantitative estimate of drug-likeness (QED) is 0.153. The fraction of sp³-hybridized carbons (Fsp3) is 0.611. The van der Waals surface area contributed by atoms with E-state index in [0.29, 0.717) is 10.7 Å². The van der Waals surface area contributed by atoms with Crippen LogP contribution in [0.2, 0.25) is 0 Å². The van der Waals surface area contributed by atoms with Crippen molar-refractivity contribution in [2.75, 3.05) is 18.8 Å². The number of amides is 6. The average molecular weight is 787 g/mol. The van der Waals surface area contributed by atoms with E-state index in [4.69, 9.17) is 10.7 Å². The Kier molecular flexibility index (Phi) is 13.0. The molecule has 0 aliphatic carbocycles. The number of ketones is 1. The smallest absolute Gasteiger partial charge is 0.246 e. The number of hydrogen-bond donors (Lipinski definition) is 9. The molecular formula is C36H50N8O10S. The van der Waals surface area contributed by atoms with Crippen LogP contribution in [0.1, 0.15) is 64.9 Å². The van der Waals surface area contributed by atoms with E-state index in [1.54, 1.807) is 18.2 Å². The number of aliphatic imine (C=N–C) groups is 1. The number of benzene rings is 1. The largest absolute Gasteiger partial charge is 0.391 e. The molecule has 300 valence electrons. The highest BCUT2D eigenvalue weighted by Crippen LogP contribution is 2.43. The van der Waals surface area contributed by atoms with E-state index in [9.17, 15) is 48.9 Å². The molecule has 4 aliphatic rings. The van der Waals surface area contributed by atoms with Gasteiger partial charge in [0.25, 0.3) is 0 Å². The Morgan fingerprint density at radius 3 is 2.31 bits per heavy atom. The van der Waals surface area contributed by atoms with Gasteiger partial charge in [-0.2, -0.15) is 0 Å². The molecule has 0 aromatic heterocycles. The lowest BCUT2D eigenvalue weighted by Gasteiger charge is -2.31. The second-order valence-electron chi connectivity index (χ2n) is 15.1. The molecule has 3 fully saturated rings. The lowest BCUT2D eigenvalue weighted by atomic mass is 9.85. The average Bonchev–Trinajstić information content (AvgIpc) is 3.69. The fourth-order valence-electron chi connectivity index (χ4n) is 7.15. The monoisotopic (exact) mass is 786 g/mol. The van der Waals surface area contributed by atoms with Gasteiger partial charge in [0.15, 0.2) is 5.78 Å². The summed E-state index contributed by atoms with van der Waals surface area (Å²) in [5.74, 6) is -7.30. The number of thioether (sulfide) groups is 1. The molecule has 3 saturated heterocycles. The highest BCUT2D eigenvalue weighted by Gasteiger charge is 2.45. The molecule has 1 aromatic rings. The lowest BCUT2D eigenvalue weighted by Crippen LogP contribution is -2.61. The number of fused-ring (bicyclic) bond motifs is 5. The summed E-state index contributed by atoms with van der Waals surface area (Å²) in [6.07, 6.45) is -3.51. The highest BCUT2D eigenvalue weighted by atomic mass is 32.2. The molecule has 18 nitrogen and oxygen atoms in total. The molecule has 0 radical (unpaired) electrons. The number of Topliss-reactive ketones (excluding diaryl/α,β-unsaturated/α-hetero) is 1. The van der Waals surface area contributed by atoms with E-state index < -0.39 is 107 Å². The fourth-order valence-corrected chi connectivity index (χ4v) is 8.30. The molecule has 4 aliphatic heterocycles. The number of aliphatic hydroxyl groups excluding tert-OH is 2. The second kappa shape index (κ2) is 17.2. The van der Waals surface area contributed by atoms with Crippen LogP contribution in [0, 0.1) is 5.92 Å². The first-order chi connectivity index (χ1) is 25.9. The van der Waals surface area contributed by atoms with E-state index in [1.807, 2.05) is 6.07 Å². The van der Waals surface area contributed by atoms with Gasteiger partial charge in [0, 0.05) is 49.9 Å². The van der Waals surface area contributed by atoms with Crippen LogP contribution in [0.4, 0.5) is 5.69 Å². The minimum absolute atomic E-state index is 0.00245. The first-order valence-corrected chi connectivity index (χ1v) is 19.3. The maximum Gasteiger partial charge on any atom is 0.246 e. The molecular weight excluding hydrogens is 737 g/mol. The summed E-state index contributed by atoms with van der Waals surface area (Å²) in [6, 6.07) is -0.982. The van der Waals surface area contributed by atoms with Gasteiger partial charge < -0.3 is 52.5 Å². The first-order valence-electron chi connectivity index (χ1n) is 18.3. The molecule has 5 rings (SSSR count). The van der Waals surface area contributed by atoms with Crippen molar-refractivity contribution in [1.29, 1.82) is 0 Å². The van der Waals surface area contributed by atoms with Crippen molar-refractivity contribution in [3.63, 3.8) is 0 Å². The first kappa shape index (κ1) is 41.7. The van der Waals surface area contributed by atoms with Crippen LogP contribution in [-0.2, 0) is 33.6 Å². The number of nitrogens with two attached hydrogens (primary N) is 1. The number of rotatable bonds is 4. The van der Waals surface area contributed by atoms with E-state index in [1.165, 1.54) is 27.7 Å². The summed E-state index contributed by atoms with van der Waals surface area (Å²) in [6.45, 7) is 4.83. The van der Waals surface area contributed by atoms with Crippen molar-refractivity contribution < 1.29 is 48.9 Å². The van der Waals surface area contributed by atoms with E-state index in [2.05, 4.69) is 26.6 Å². The number of carbonyl (C=O) groups excluding carboxylic acids is 7. The Labute approximate surface area is 322 Å². The zero-order chi connectivity index (χ0) is 40.4. The summed E-state index contributed by atoms with van der Waals surface area (Å²) in [4.78, 5) is 103. The van der Waals surface area contributed by atoms with Gasteiger partial charge in [-0.15, -0.1) is 11.8 Å². The van der Waals surface area contributed by atoms with Gasteiger partial charge in [0.1, 0.15) is 30.2 Å². The van der Waals surface area contributed by atoms with Crippen LogP contribution in [0.3, 0.4) is 0 Å². The number of hydrogen-bond acceptors (Lipinski definition) is 13. The van der Waals surface area contributed by atoms with Crippen molar-refractivity contribution in [1.82, 2.24) is 31.5 Å². The van der Waals surface area contributed by atoms with Crippen molar-refractivity contribution >= 4 is 63.7 Å². The van der Waals surface area contributed by atoms with Crippen molar-refractivity contribution in [3.8, 4) is 0 Å². The standard InChI is InChI=1S/C36H50N8O10S/c1-16-27(47)10-19-9-22-21-7-5-6-8-23(21)42-34(22)55-14-25(35(53)44-13-20(46)11-26(44)32(51)38-16)41-33(52)28(18(3)45)43-29(48)17(2)39-31(50)24(40-30(19)49)12-36(4,54)15-37/h5-8,16-20,22,24-26,28,45-46,54H,9-15,37H2,1-4H3,(H,38,51)(H,39,50)(H,40,49)(H,41,52)(H,43,48)/t16-,17-,18-,19+,20+,22?,24-,25?,26?,28?,36+/m0/s1. The Hall–Kier alpha value is -4.43. The van der Waals surface area contributed by atoms with Crippen LogP contribution in [0.25, 0.3) is 0 Å². The molecule has 1 aromatic carbocycles. The van der Waals surface area contributed by atoms with Crippen molar-refractivity contribution in [2.24, 2.45) is 16.6 Å². The summed E-state index contributed by atoms with van der Waals surface area (Å²) in [5, 5.41) is 45.5. The Bertz CT molecular complexity index is 1740. The molecule has 6 amide bonds. The molecule has 11 atom stereocenters. The third-order valence-corrected chi connectivity index (χ3v) is 11.6. The summed E-state index contributed by atoms with van der Waals surface area (Å²) >= 11 is 1.11. The second-order valence-corrected chi connectivity index (χ2v) is 16.1. The molecule has 55 heavy (non-hydrogen) atoms. The number of para-hydroxylation sites is 1. The summed E-state index contributed by atoms with van der Waals surface area (Å²) < 4.78 is 0. The Morgan fingerprint density at radius 2 is 1.62 bits per heavy atom.